The second-order valence-electron chi connectivity index (χ2n) is 5.38. The zero-order chi connectivity index (χ0) is 15.7. The van der Waals surface area contributed by atoms with E-state index in [2.05, 4.69) is 0 Å². The van der Waals surface area contributed by atoms with Crippen LogP contribution in [0.15, 0.2) is 24.3 Å². The summed E-state index contributed by atoms with van der Waals surface area (Å²) in [6, 6.07) is 7.13. The van der Waals surface area contributed by atoms with Crippen LogP contribution in [0.4, 0.5) is 0 Å². The summed E-state index contributed by atoms with van der Waals surface area (Å²) in [5.41, 5.74) is 0. The van der Waals surface area contributed by atoms with E-state index in [-0.39, 0.29) is 25.2 Å². The number of para-hydroxylation sites is 2. The van der Waals surface area contributed by atoms with E-state index in [4.69, 9.17) is 19.3 Å². The van der Waals surface area contributed by atoms with Gasteiger partial charge in [-0.25, -0.2) is 4.79 Å². The number of amides is 1. The number of carbonyl (C=O) groups is 2. The first kappa shape index (κ1) is 14.6. The lowest BCUT2D eigenvalue weighted by Crippen LogP contribution is -2.56. The van der Waals surface area contributed by atoms with Gasteiger partial charge in [-0.3, -0.25) is 4.79 Å². The summed E-state index contributed by atoms with van der Waals surface area (Å²) in [6.45, 7) is 2.20. The number of rotatable bonds is 2. The highest BCUT2D eigenvalue weighted by Crippen LogP contribution is 2.31. The van der Waals surface area contributed by atoms with Gasteiger partial charge in [0.25, 0.3) is 5.91 Å². The van der Waals surface area contributed by atoms with Gasteiger partial charge in [0.05, 0.1) is 12.6 Å². The maximum atomic E-state index is 12.5. The Bertz CT molecular complexity index is 589. The van der Waals surface area contributed by atoms with E-state index in [1.54, 1.807) is 25.1 Å². The first-order valence-electron chi connectivity index (χ1n) is 7.10. The summed E-state index contributed by atoms with van der Waals surface area (Å²) in [6.07, 6.45) is -2.12. The number of nitrogens with zero attached hydrogens (tertiary/aromatic N) is 1. The first-order chi connectivity index (χ1) is 10.5. The third-order valence-electron chi connectivity index (χ3n) is 3.63. The van der Waals surface area contributed by atoms with Crippen LogP contribution in [0.3, 0.4) is 0 Å². The zero-order valence-electron chi connectivity index (χ0n) is 12.1. The van der Waals surface area contributed by atoms with Crippen LogP contribution in [0, 0.1) is 0 Å². The Balaban J connectivity index is 1.70. The molecule has 0 aliphatic carbocycles. The molecule has 3 rings (SSSR count). The average molecular weight is 307 g/mol. The number of carboxylic acid groups (broad SMARTS) is 1. The topological polar surface area (TPSA) is 85.3 Å². The van der Waals surface area contributed by atoms with Crippen LogP contribution in [-0.2, 0) is 14.3 Å². The number of hydrogen-bond acceptors (Lipinski definition) is 5. The Hall–Kier alpha value is -2.28. The van der Waals surface area contributed by atoms with Crippen molar-refractivity contribution in [2.45, 2.75) is 25.2 Å². The molecule has 1 fully saturated rings. The molecule has 2 aliphatic heterocycles. The van der Waals surface area contributed by atoms with E-state index in [0.29, 0.717) is 18.0 Å². The fraction of sp³-hybridized carbons (Fsp3) is 0.467. The summed E-state index contributed by atoms with van der Waals surface area (Å²) in [7, 11) is 0. The molecule has 1 amide bonds. The van der Waals surface area contributed by atoms with Crippen LogP contribution in [0.25, 0.3) is 0 Å². The van der Waals surface area contributed by atoms with Crippen molar-refractivity contribution in [3.05, 3.63) is 24.3 Å². The molecular formula is C15H17NO6. The quantitative estimate of drug-likeness (QED) is 0.858. The molecule has 0 bridgehead atoms. The summed E-state index contributed by atoms with van der Waals surface area (Å²) in [5, 5.41) is 9.08. The van der Waals surface area contributed by atoms with Gasteiger partial charge in [-0.05, 0) is 19.1 Å². The molecule has 7 nitrogen and oxygen atoms in total. The zero-order valence-corrected chi connectivity index (χ0v) is 12.1. The van der Waals surface area contributed by atoms with Crippen molar-refractivity contribution in [2.75, 3.05) is 19.7 Å². The molecule has 7 heteroatoms. The third-order valence-corrected chi connectivity index (χ3v) is 3.63. The Morgan fingerprint density at radius 2 is 1.91 bits per heavy atom. The molecule has 0 radical (unpaired) electrons. The fourth-order valence-corrected chi connectivity index (χ4v) is 2.61. The molecule has 1 aromatic carbocycles. The number of carbonyl (C=O) groups excluding carboxylic acids is 1. The number of carboxylic acids is 1. The fourth-order valence-electron chi connectivity index (χ4n) is 2.61. The molecule has 1 saturated heterocycles. The molecule has 0 saturated carbocycles. The standard InChI is InChI=1S/C15H17NO6/c1-9-6-16(7-12(21-9)15(18)19)14(17)13-8-20-10-4-2-3-5-11(10)22-13/h2-5,9,12-13H,6-8H2,1H3,(H,18,19)/t9-,12?,13?/m1/s1. The van der Waals surface area contributed by atoms with Gasteiger partial charge in [0.15, 0.2) is 17.6 Å². The van der Waals surface area contributed by atoms with Gasteiger partial charge in [0, 0.05) is 6.54 Å². The number of benzene rings is 1. The van der Waals surface area contributed by atoms with Crippen LogP contribution in [0.2, 0.25) is 0 Å². The largest absolute Gasteiger partial charge is 0.485 e. The predicted molar refractivity (Wildman–Crippen MR) is 74.9 cm³/mol. The summed E-state index contributed by atoms with van der Waals surface area (Å²) in [5.74, 6) is -0.236. The Kier molecular flexibility index (Phi) is 3.89. The van der Waals surface area contributed by atoms with Crippen LogP contribution in [0.1, 0.15) is 6.92 Å². The maximum absolute atomic E-state index is 12.5. The molecule has 0 aromatic heterocycles. The molecular weight excluding hydrogens is 290 g/mol. The average Bonchev–Trinajstić information content (AvgIpc) is 2.53. The number of ether oxygens (including phenoxy) is 3. The maximum Gasteiger partial charge on any atom is 0.334 e. The van der Waals surface area contributed by atoms with Gasteiger partial charge in [-0.2, -0.15) is 0 Å². The minimum atomic E-state index is -1.07. The number of aliphatic carboxylic acids is 1. The highest BCUT2D eigenvalue weighted by atomic mass is 16.6. The molecule has 1 aromatic rings. The van der Waals surface area contributed by atoms with E-state index in [1.165, 1.54) is 4.90 Å². The van der Waals surface area contributed by atoms with Crippen LogP contribution < -0.4 is 9.47 Å². The first-order valence-corrected chi connectivity index (χ1v) is 7.10. The predicted octanol–water partition coefficient (Wildman–Crippen LogP) is 0.527. The van der Waals surface area contributed by atoms with Crippen molar-refractivity contribution >= 4 is 11.9 Å². The second kappa shape index (κ2) is 5.84. The molecule has 2 unspecified atom stereocenters. The lowest BCUT2D eigenvalue weighted by Gasteiger charge is -2.37. The van der Waals surface area contributed by atoms with Crippen molar-refractivity contribution in [2.24, 2.45) is 0 Å². The minimum Gasteiger partial charge on any atom is -0.485 e. The SMILES string of the molecule is C[C@@H]1CN(C(=O)C2COc3ccccc3O2)CC(C(=O)O)O1. The lowest BCUT2D eigenvalue weighted by atomic mass is 10.2. The Morgan fingerprint density at radius 1 is 1.18 bits per heavy atom. The van der Waals surface area contributed by atoms with Crippen LogP contribution >= 0.6 is 0 Å². The molecule has 0 spiro atoms. The molecule has 118 valence electrons. The Labute approximate surface area is 127 Å². The monoisotopic (exact) mass is 307 g/mol. The van der Waals surface area contributed by atoms with Crippen molar-refractivity contribution in [3.63, 3.8) is 0 Å². The Morgan fingerprint density at radius 3 is 2.64 bits per heavy atom. The smallest absolute Gasteiger partial charge is 0.334 e. The minimum absolute atomic E-state index is 0.0139. The number of hydrogen-bond donors (Lipinski definition) is 1. The van der Waals surface area contributed by atoms with E-state index >= 15 is 0 Å². The highest BCUT2D eigenvalue weighted by molar-refractivity contribution is 5.83. The van der Waals surface area contributed by atoms with Gasteiger partial charge < -0.3 is 24.2 Å². The second-order valence-corrected chi connectivity index (χ2v) is 5.38. The van der Waals surface area contributed by atoms with Crippen molar-refractivity contribution in [1.82, 2.24) is 4.90 Å². The number of fused-ring (bicyclic) bond motifs is 1. The van der Waals surface area contributed by atoms with Crippen molar-refractivity contribution in [1.29, 1.82) is 0 Å². The molecule has 2 aliphatic rings. The van der Waals surface area contributed by atoms with Gasteiger partial charge in [-0.1, -0.05) is 12.1 Å². The highest BCUT2D eigenvalue weighted by Gasteiger charge is 2.37. The molecule has 2 heterocycles. The molecule has 3 atom stereocenters. The van der Waals surface area contributed by atoms with Gasteiger partial charge >= 0.3 is 5.97 Å². The van der Waals surface area contributed by atoms with E-state index in [1.807, 2.05) is 6.07 Å². The number of morpholine rings is 1. The summed E-state index contributed by atoms with van der Waals surface area (Å²) >= 11 is 0. The molecule has 22 heavy (non-hydrogen) atoms. The lowest BCUT2D eigenvalue weighted by molar-refractivity contribution is -0.169. The van der Waals surface area contributed by atoms with Gasteiger partial charge in [-0.15, -0.1) is 0 Å². The normalized spacial score (nSPS) is 27.3. The summed E-state index contributed by atoms with van der Waals surface area (Å²) in [4.78, 5) is 25.1. The van der Waals surface area contributed by atoms with Crippen LogP contribution in [-0.4, -0.2) is 59.9 Å². The van der Waals surface area contributed by atoms with Crippen molar-refractivity contribution < 1.29 is 28.9 Å². The molecule has 1 N–H and O–H groups in total. The van der Waals surface area contributed by atoms with E-state index in [9.17, 15) is 9.59 Å². The third kappa shape index (κ3) is 2.85. The van der Waals surface area contributed by atoms with Gasteiger partial charge in [0.1, 0.15) is 6.61 Å². The van der Waals surface area contributed by atoms with Crippen molar-refractivity contribution in [3.8, 4) is 11.5 Å². The van der Waals surface area contributed by atoms with Crippen LogP contribution in [0.5, 0.6) is 11.5 Å². The van der Waals surface area contributed by atoms with E-state index in [0.717, 1.165) is 0 Å². The van der Waals surface area contributed by atoms with E-state index < -0.39 is 18.2 Å². The summed E-state index contributed by atoms with van der Waals surface area (Å²) < 4.78 is 16.5. The van der Waals surface area contributed by atoms with Gasteiger partial charge in [0.2, 0.25) is 6.10 Å².